The van der Waals surface area contributed by atoms with Crippen molar-refractivity contribution in [3.05, 3.63) is 66.4 Å². The largest absolute Gasteiger partial charge is 0.346 e. The number of aromatic nitrogens is 5. The second-order valence-corrected chi connectivity index (χ2v) is 9.71. The normalized spacial score (nSPS) is 22.1. The van der Waals surface area contributed by atoms with Gasteiger partial charge in [-0.25, -0.2) is 18.7 Å². The number of piperazine rings is 1. The van der Waals surface area contributed by atoms with E-state index in [1.54, 1.807) is 11.1 Å². The van der Waals surface area contributed by atoms with Gasteiger partial charge < -0.3 is 9.88 Å². The number of nitriles is 1. The van der Waals surface area contributed by atoms with Crippen molar-refractivity contribution in [2.45, 2.75) is 30.8 Å². The van der Waals surface area contributed by atoms with E-state index in [4.69, 9.17) is 0 Å². The van der Waals surface area contributed by atoms with E-state index >= 15 is 0 Å². The molecule has 0 radical (unpaired) electrons. The van der Waals surface area contributed by atoms with Gasteiger partial charge in [0.1, 0.15) is 12.0 Å². The lowest BCUT2D eigenvalue weighted by Gasteiger charge is -2.52. The van der Waals surface area contributed by atoms with Crippen LogP contribution >= 0.6 is 0 Å². The van der Waals surface area contributed by atoms with E-state index in [0.717, 1.165) is 47.3 Å². The predicted octanol–water partition coefficient (Wildman–Crippen LogP) is 3.33. The number of hydrogen-bond acceptors (Lipinski definition) is 6. The van der Waals surface area contributed by atoms with Crippen LogP contribution < -0.4 is 0 Å². The minimum atomic E-state index is -1.02. The van der Waals surface area contributed by atoms with Crippen molar-refractivity contribution in [1.29, 1.82) is 5.26 Å². The molecular formula is C26H24F2N8O. The molecule has 4 heterocycles. The van der Waals surface area contributed by atoms with E-state index in [1.807, 2.05) is 23.1 Å². The average Bonchev–Trinajstić information content (AvgIpc) is 3.57. The molecule has 3 aromatic heterocycles. The van der Waals surface area contributed by atoms with E-state index < -0.39 is 11.6 Å². The Balaban J connectivity index is 1.12. The first-order valence-electron chi connectivity index (χ1n) is 12.2. The Labute approximate surface area is 211 Å². The van der Waals surface area contributed by atoms with Crippen molar-refractivity contribution in [3.63, 3.8) is 0 Å². The first-order chi connectivity index (χ1) is 18.0. The highest BCUT2D eigenvalue weighted by Gasteiger charge is 2.49. The van der Waals surface area contributed by atoms with Crippen LogP contribution in [0.2, 0.25) is 0 Å². The zero-order chi connectivity index (χ0) is 25.6. The lowest BCUT2D eigenvalue weighted by Crippen LogP contribution is -2.60. The standard InChI is InChI=1S/C26H24F2N8O/c27-21-2-1-17(11-22(21)28)25(37)35-9-7-34(8-10-35)19-12-26(13-19,4-5-29)36-15-18(14-33-36)23-20-3-6-30-24(20)32-16-31-23/h1-3,6,11,14-16,19H,4,7-10,12-13H2,(H,30,31,32)/t19-,26-. The molecule has 37 heavy (non-hydrogen) atoms. The predicted molar refractivity (Wildman–Crippen MR) is 130 cm³/mol. The highest BCUT2D eigenvalue weighted by atomic mass is 19.2. The van der Waals surface area contributed by atoms with Crippen LogP contribution in [0.3, 0.4) is 0 Å². The van der Waals surface area contributed by atoms with E-state index in [1.165, 1.54) is 12.4 Å². The number of amides is 1. The average molecular weight is 503 g/mol. The molecule has 4 aromatic rings. The third kappa shape index (κ3) is 4.03. The minimum Gasteiger partial charge on any atom is -0.346 e. The first-order valence-corrected chi connectivity index (χ1v) is 12.2. The minimum absolute atomic E-state index is 0.152. The van der Waals surface area contributed by atoms with Gasteiger partial charge in [-0.3, -0.25) is 14.4 Å². The van der Waals surface area contributed by atoms with Crippen molar-refractivity contribution in [1.82, 2.24) is 34.5 Å². The molecule has 1 amide bonds. The van der Waals surface area contributed by atoms with E-state index in [9.17, 15) is 18.8 Å². The Morgan fingerprint density at radius 1 is 1.14 bits per heavy atom. The summed E-state index contributed by atoms with van der Waals surface area (Å²) in [7, 11) is 0. The number of fused-ring (bicyclic) bond motifs is 1. The summed E-state index contributed by atoms with van der Waals surface area (Å²) in [5.41, 5.74) is 2.19. The Bertz CT molecular complexity index is 1510. The van der Waals surface area contributed by atoms with Gasteiger partial charge in [-0.05, 0) is 37.1 Å². The maximum absolute atomic E-state index is 13.6. The van der Waals surface area contributed by atoms with Crippen molar-refractivity contribution in [2.24, 2.45) is 0 Å². The molecule has 188 valence electrons. The van der Waals surface area contributed by atoms with Gasteiger partial charge in [-0.2, -0.15) is 10.4 Å². The third-order valence-corrected chi connectivity index (χ3v) is 7.62. The van der Waals surface area contributed by atoms with Crippen LogP contribution in [-0.4, -0.2) is 72.7 Å². The van der Waals surface area contributed by atoms with Gasteiger partial charge in [-0.1, -0.05) is 0 Å². The zero-order valence-electron chi connectivity index (χ0n) is 19.9. The fourth-order valence-electron chi connectivity index (χ4n) is 5.54. The number of H-pyrrole nitrogens is 1. The Kier molecular flexibility index (Phi) is 5.68. The van der Waals surface area contributed by atoms with Crippen molar-refractivity contribution in [3.8, 4) is 17.3 Å². The monoisotopic (exact) mass is 502 g/mol. The first kappa shape index (κ1) is 23.2. The summed E-state index contributed by atoms with van der Waals surface area (Å²) in [6, 6.07) is 7.79. The van der Waals surface area contributed by atoms with Gasteiger partial charge in [0.05, 0.1) is 29.9 Å². The van der Waals surface area contributed by atoms with Crippen LogP contribution in [0.5, 0.6) is 0 Å². The van der Waals surface area contributed by atoms with Crippen LogP contribution in [-0.2, 0) is 5.54 Å². The molecule has 0 unspecified atom stereocenters. The van der Waals surface area contributed by atoms with E-state index in [2.05, 4.69) is 31.0 Å². The molecule has 0 atom stereocenters. The topological polar surface area (TPSA) is 107 Å². The zero-order valence-corrected chi connectivity index (χ0v) is 19.9. The van der Waals surface area contributed by atoms with Crippen molar-refractivity contribution in [2.75, 3.05) is 26.2 Å². The number of nitrogens with one attached hydrogen (secondary N) is 1. The number of benzene rings is 1. The fourth-order valence-corrected chi connectivity index (χ4v) is 5.54. The summed E-state index contributed by atoms with van der Waals surface area (Å²) < 4.78 is 28.7. The molecule has 1 N–H and O–H groups in total. The number of carbonyl (C=O) groups excluding carboxylic acids is 1. The molecule has 1 saturated carbocycles. The molecule has 2 aliphatic rings. The summed E-state index contributed by atoms with van der Waals surface area (Å²) in [5.74, 6) is -2.28. The van der Waals surface area contributed by atoms with Gasteiger partial charge in [-0.15, -0.1) is 0 Å². The smallest absolute Gasteiger partial charge is 0.254 e. The summed E-state index contributed by atoms with van der Waals surface area (Å²) in [5, 5.41) is 15.1. The van der Waals surface area contributed by atoms with E-state index in [0.29, 0.717) is 32.6 Å². The highest BCUT2D eigenvalue weighted by Crippen LogP contribution is 2.45. The maximum Gasteiger partial charge on any atom is 0.254 e. The molecule has 0 spiro atoms. The number of halogens is 2. The number of aromatic amines is 1. The molecule has 1 saturated heterocycles. The number of nitrogens with zero attached hydrogens (tertiary/aromatic N) is 7. The summed E-state index contributed by atoms with van der Waals surface area (Å²) >= 11 is 0. The second-order valence-electron chi connectivity index (χ2n) is 9.71. The Morgan fingerprint density at radius 2 is 1.95 bits per heavy atom. The molecular weight excluding hydrogens is 478 g/mol. The third-order valence-electron chi connectivity index (χ3n) is 7.62. The van der Waals surface area contributed by atoms with E-state index in [-0.39, 0.29) is 23.1 Å². The molecule has 9 nitrogen and oxygen atoms in total. The van der Waals surface area contributed by atoms with Crippen molar-refractivity contribution < 1.29 is 13.6 Å². The molecule has 6 rings (SSSR count). The quantitative estimate of drug-likeness (QED) is 0.449. The van der Waals surface area contributed by atoms with Crippen LogP contribution in [0, 0.1) is 23.0 Å². The lowest BCUT2D eigenvalue weighted by molar-refractivity contribution is -0.0158. The second kappa shape index (κ2) is 9.05. The fraction of sp³-hybridized carbons (Fsp3) is 0.346. The van der Waals surface area contributed by atoms with Gasteiger partial charge in [0.15, 0.2) is 11.6 Å². The van der Waals surface area contributed by atoms with Gasteiger partial charge in [0.2, 0.25) is 0 Å². The molecule has 1 aromatic carbocycles. The molecule has 11 heteroatoms. The summed E-state index contributed by atoms with van der Waals surface area (Å²) in [6.45, 7) is 2.37. The number of carbonyl (C=O) groups is 1. The molecule has 2 fully saturated rings. The molecule has 1 aliphatic heterocycles. The SMILES string of the molecule is N#CC[C@]1(n2cc(-c3ncnc4[nH]ccc34)cn2)C[C@H](N2CCN(C(=O)c3ccc(F)c(F)c3)CC2)C1. The van der Waals surface area contributed by atoms with Gasteiger partial charge in [0.25, 0.3) is 5.91 Å². The molecule has 0 bridgehead atoms. The van der Waals surface area contributed by atoms with Crippen LogP contribution in [0.1, 0.15) is 29.6 Å². The molecule has 1 aliphatic carbocycles. The maximum atomic E-state index is 13.6. The number of rotatable bonds is 5. The van der Waals surface area contributed by atoms with Crippen molar-refractivity contribution >= 4 is 16.9 Å². The van der Waals surface area contributed by atoms with Crippen LogP contribution in [0.4, 0.5) is 8.78 Å². The number of hydrogen-bond donors (Lipinski definition) is 1. The lowest BCUT2D eigenvalue weighted by atomic mass is 9.70. The Morgan fingerprint density at radius 3 is 2.70 bits per heavy atom. The highest BCUT2D eigenvalue weighted by molar-refractivity contribution is 5.94. The summed E-state index contributed by atoms with van der Waals surface area (Å²) in [4.78, 5) is 28.5. The van der Waals surface area contributed by atoms with Gasteiger partial charge in [0, 0.05) is 61.1 Å². The summed E-state index contributed by atoms with van der Waals surface area (Å²) in [6.07, 6.45) is 9.00. The Hall–Kier alpha value is -4.17. The van der Waals surface area contributed by atoms with Crippen LogP contribution in [0.15, 0.2) is 49.2 Å². The van der Waals surface area contributed by atoms with Gasteiger partial charge >= 0.3 is 0 Å². The van der Waals surface area contributed by atoms with Crippen LogP contribution in [0.25, 0.3) is 22.3 Å².